The first kappa shape index (κ1) is 23.5. The number of carbonyl (C=O) groups is 2. The van der Waals surface area contributed by atoms with E-state index in [2.05, 4.69) is 9.97 Å². The Hall–Kier alpha value is -3.27. The van der Waals surface area contributed by atoms with Gasteiger partial charge >= 0.3 is 0 Å². The summed E-state index contributed by atoms with van der Waals surface area (Å²) in [6.45, 7) is 5.96. The number of benzene rings is 2. The van der Waals surface area contributed by atoms with Crippen molar-refractivity contribution >= 4 is 61.3 Å². The van der Waals surface area contributed by atoms with E-state index in [0.717, 1.165) is 9.71 Å². The molecule has 0 spiro atoms. The van der Waals surface area contributed by atoms with Crippen molar-refractivity contribution in [3.8, 4) is 5.75 Å². The summed E-state index contributed by atoms with van der Waals surface area (Å²) in [5.74, 6) is -1.08. The second kappa shape index (κ2) is 9.07. The van der Waals surface area contributed by atoms with E-state index in [1.165, 1.54) is 27.6 Å². The first-order valence-corrected chi connectivity index (χ1v) is 12.8. The number of halogens is 1. The van der Waals surface area contributed by atoms with Crippen LogP contribution < -0.4 is 9.64 Å². The fraction of sp³-hybridized carbons (Fsp3) is 0.200. The highest BCUT2D eigenvalue weighted by molar-refractivity contribution is 7.22. The van der Waals surface area contributed by atoms with E-state index < -0.39 is 23.5 Å². The molecule has 35 heavy (non-hydrogen) atoms. The molecule has 2 aromatic carbocycles. The smallest absolute Gasteiger partial charge is 0.296 e. The van der Waals surface area contributed by atoms with E-state index in [4.69, 9.17) is 16.3 Å². The number of ether oxygens (including phenoxy) is 1. The number of ketones is 1. The molecule has 0 saturated heterocycles. The molecule has 2 aromatic heterocycles. The predicted molar refractivity (Wildman–Crippen MR) is 138 cm³/mol. The van der Waals surface area contributed by atoms with Crippen molar-refractivity contribution in [2.24, 2.45) is 0 Å². The number of carbonyl (C=O) groups excluding carboxylic acids is 2. The summed E-state index contributed by atoms with van der Waals surface area (Å²) >= 11 is 9.04. The zero-order valence-corrected chi connectivity index (χ0v) is 21.4. The molecule has 0 fully saturated rings. The van der Waals surface area contributed by atoms with Gasteiger partial charge < -0.3 is 9.84 Å². The maximum atomic E-state index is 13.7. The average molecular weight is 526 g/mol. The molecule has 1 amide bonds. The van der Waals surface area contributed by atoms with E-state index in [-0.39, 0.29) is 5.57 Å². The minimum atomic E-state index is -0.947. The molecule has 0 bridgehead atoms. The van der Waals surface area contributed by atoms with Crippen molar-refractivity contribution in [1.82, 2.24) is 9.97 Å². The Balaban J connectivity index is 1.67. The molecule has 1 N–H and O–H groups in total. The number of thiazole rings is 2. The summed E-state index contributed by atoms with van der Waals surface area (Å²) in [7, 11) is 0. The number of rotatable bonds is 6. The molecule has 1 aliphatic rings. The number of aromatic nitrogens is 2. The van der Waals surface area contributed by atoms with Crippen molar-refractivity contribution in [1.29, 1.82) is 0 Å². The number of fused-ring (bicyclic) bond motifs is 1. The predicted octanol–water partition coefficient (Wildman–Crippen LogP) is 6.20. The van der Waals surface area contributed by atoms with Gasteiger partial charge in [-0.3, -0.25) is 14.5 Å². The summed E-state index contributed by atoms with van der Waals surface area (Å²) in [6.07, 6.45) is 0. The van der Waals surface area contributed by atoms with Gasteiger partial charge in [0.1, 0.15) is 5.75 Å². The summed E-state index contributed by atoms with van der Waals surface area (Å²) in [4.78, 5) is 37.8. The number of nitrogens with zero attached hydrogens (tertiary/aromatic N) is 3. The second-order valence-electron chi connectivity index (χ2n) is 7.90. The Morgan fingerprint density at radius 3 is 2.63 bits per heavy atom. The number of aliphatic hydroxyl groups is 1. The fourth-order valence-electron chi connectivity index (χ4n) is 4.14. The molecule has 5 rings (SSSR count). The molecule has 1 aliphatic heterocycles. The van der Waals surface area contributed by atoms with Gasteiger partial charge in [0.15, 0.2) is 10.9 Å². The third-order valence-electron chi connectivity index (χ3n) is 5.63. The van der Waals surface area contributed by atoms with Gasteiger partial charge in [0.2, 0.25) is 5.78 Å². The number of hydrogen-bond acceptors (Lipinski definition) is 8. The first-order chi connectivity index (χ1) is 16.8. The molecule has 10 heteroatoms. The maximum Gasteiger partial charge on any atom is 0.296 e. The van der Waals surface area contributed by atoms with Crippen LogP contribution in [0.2, 0.25) is 5.02 Å². The summed E-state index contributed by atoms with van der Waals surface area (Å²) < 4.78 is 6.40. The lowest BCUT2D eigenvalue weighted by atomic mass is 9.95. The Kier molecular flexibility index (Phi) is 6.08. The molecule has 4 aromatic rings. The Bertz CT molecular complexity index is 1520. The SMILES string of the molecule is CCOc1ccc2nc(N3C(=O)C(O)=C(C(=O)c4sc(C)nc4C)C3c3ccccc3Cl)sc2c1. The van der Waals surface area contributed by atoms with E-state index >= 15 is 0 Å². The van der Waals surface area contributed by atoms with Gasteiger partial charge in [-0.05, 0) is 50.6 Å². The van der Waals surface area contributed by atoms with Crippen LogP contribution in [0.3, 0.4) is 0 Å². The maximum absolute atomic E-state index is 13.7. The van der Waals surface area contributed by atoms with Crippen LogP contribution in [0.15, 0.2) is 53.8 Å². The van der Waals surface area contributed by atoms with E-state index in [0.29, 0.717) is 44.2 Å². The molecular formula is C25H20ClN3O4S2. The van der Waals surface area contributed by atoms with Crippen LogP contribution in [-0.2, 0) is 4.79 Å². The highest BCUT2D eigenvalue weighted by Gasteiger charge is 2.47. The minimum absolute atomic E-state index is 0.0379. The zero-order chi connectivity index (χ0) is 24.9. The Labute approximate surface area is 214 Å². The largest absolute Gasteiger partial charge is 0.503 e. The number of aliphatic hydroxyl groups excluding tert-OH is 1. The van der Waals surface area contributed by atoms with Gasteiger partial charge in [-0.2, -0.15) is 0 Å². The minimum Gasteiger partial charge on any atom is -0.503 e. The summed E-state index contributed by atoms with van der Waals surface area (Å²) in [5.41, 5.74) is 1.70. The highest BCUT2D eigenvalue weighted by Crippen LogP contribution is 2.46. The van der Waals surface area contributed by atoms with Crippen molar-refractivity contribution in [3.05, 3.63) is 80.0 Å². The monoisotopic (exact) mass is 525 g/mol. The second-order valence-corrected chi connectivity index (χ2v) is 10.5. The van der Waals surface area contributed by atoms with Gasteiger partial charge in [0.25, 0.3) is 5.91 Å². The third-order valence-corrected chi connectivity index (χ3v) is 8.06. The van der Waals surface area contributed by atoms with Crippen LogP contribution in [0.4, 0.5) is 5.13 Å². The van der Waals surface area contributed by atoms with Gasteiger partial charge in [0, 0.05) is 5.02 Å². The van der Waals surface area contributed by atoms with Crippen LogP contribution in [0.25, 0.3) is 10.2 Å². The molecule has 3 heterocycles. The summed E-state index contributed by atoms with van der Waals surface area (Å²) in [6, 6.07) is 11.5. The molecule has 1 atom stereocenters. The first-order valence-electron chi connectivity index (χ1n) is 10.8. The average Bonchev–Trinajstić information content (AvgIpc) is 3.47. The Morgan fingerprint density at radius 2 is 1.94 bits per heavy atom. The number of anilines is 1. The van der Waals surface area contributed by atoms with Crippen molar-refractivity contribution < 1.29 is 19.4 Å². The van der Waals surface area contributed by atoms with Gasteiger partial charge in [-0.1, -0.05) is 41.1 Å². The fourth-order valence-corrected chi connectivity index (χ4v) is 6.28. The number of aryl methyl sites for hydroxylation is 2. The molecule has 0 radical (unpaired) electrons. The number of hydrogen-bond donors (Lipinski definition) is 1. The van der Waals surface area contributed by atoms with Crippen molar-refractivity contribution in [3.63, 3.8) is 0 Å². The lowest BCUT2D eigenvalue weighted by Gasteiger charge is -2.25. The molecular weight excluding hydrogens is 506 g/mol. The van der Waals surface area contributed by atoms with Crippen molar-refractivity contribution in [2.45, 2.75) is 26.8 Å². The molecule has 1 unspecified atom stereocenters. The lowest BCUT2D eigenvalue weighted by Crippen LogP contribution is -2.31. The Morgan fingerprint density at radius 1 is 1.17 bits per heavy atom. The third kappa shape index (κ3) is 3.99. The van der Waals surface area contributed by atoms with Crippen molar-refractivity contribution in [2.75, 3.05) is 11.5 Å². The molecule has 0 aliphatic carbocycles. The molecule has 178 valence electrons. The molecule has 0 saturated carbocycles. The number of Topliss-reactive ketones (excluding diaryl/α,β-unsaturated/α-hetero) is 1. The van der Waals surface area contributed by atoms with Crippen LogP contribution in [-0.4, -0.2) is 33.4 Å². The lowest BCUT2D eigenvalue weighted by molar-refractivity contribution is -0.117. The van der Waals surface area contributed by atoms with Gasteiger partial charge in [-0.25, -0.2) is 9.97 Å². The van der Waals surface area contributed by atoms with Gasteiger partial charge in [0.05, 0.1) is 44.0 Å². The van der Waals surface area contributed by atoms with Crippen LogP contribution >= 0.6 is 34.3 Å². The van der Waals surface area contributed by atoms with E-state index in [1.807, 2.05) is 25.1 Å². The van der Waals surface area contributed by atoms with E-state index in [9.17, 15) is 14.7 Å². The summed E-state index contributed by atoms with van der Waals surface area (Å²) in [5, 5.41) is 12.4. The topological polar surface area (TPSA) is 92.6 Å². The normalized spacial score (nSPS) is 15.9. The zero-order valence-electron chi connectivity index (χ0n) is 19.0. The standard InChI is InChI=1S/C25H20ClN3O4S2/c1-4-33-14-9-10-17-18(11-14)35-25(28-17)29-20(15-7-5-6-8-16(15)26)19(22(31)24(29)32)21(30)23-12(2)27-13(3)34-23/h5-11,20,31H,4H2,1-3H3. The van der Waals surface area contributed by atoms with Crippen LogP contribution in [0.5, 0.6) is 5.75 Å². The highest BCUT2D eigenvalue weighted by atomic mass is 35.5. The van der Waals surface area contributed by atoms with Gasteiger partial charge in [-0.15, -0.1) is 11.3 Å². The quantitative estimate of drug-likeness (QED) is 0.301. The molecule has 7 nitrogen and oxygen atoms in total. The van der Waals surface area contributed by atoms with E-state index in [1.54, 1.807) is 38.1 Å². The van der Waals surface area contributed by atoms with Crippen LogP contribution in [0.1, 0.15) is 38.9 Å². The van der Waals surface area contributed by atoms with Crippen LogP contribution in [0, 0.1) is 13.8 Å². The number of amides is 1.